The summed E-state index contributed by atoms with van der Waals surface area (Å²) in [5.74, 6) is 0.490. The molecule has 4 heteroatoms. The Morgan fingerprint density at radius 1 is 1.32 bits per heavy atom. The van der Waals surface area contributed by atoms with Crippen LogP contribution in [-0.4, -0.2) is 17.4 Å². The van der Waals surface area contributed by atoms with Gasteiger partial charge in [-0.3, -0.25) is 9.78 Å². The maximum Gasteiger partial charge on any atom is 0.230 e. The molecule has 0 atom stereocenters. The van der Waals surface area contributed by atoms with E-state index < -0.39 is 5.41 Å². The smallest absolute Gasteiger partial charge is 0.230 e. The lowest BCUT2D eigenvalue weighted by atomic mass is 9.84. The summed E-state index contributed by atoms with van der Waals surface area (Å²) >= 11 is 1.68. The molecule has 0 bridgehead atoms. The van der Waals surface area contributed by atoms with E-state index in [0.717, 1.165) is 11.3 Å². The Hall–Kier alpha value is -1.68. The number of pyridine rings is 1. The molecule has 3 nitrogen and oxygen atoms in total. The van der Waals surface area contributed by atoms with Crippen molar-refractivity contribution in [1.82, 2.24) is 10.3 Å². The molecule has 1 amide bonds. The summed E-state index contributed by atoms with van der Waals surface area (Å²) in [6.07, 6.45) is 1.82. The number of carbonyl (C=O) groups excluding carboxylic acids is 1. The van der Waals surface area contributed by atoms with Crippen molar-refractivity contribution in [1.29, 1.82) is 0 Å². The maximum absolute atomic E-state index is 12.4. The van der Waals surface area contributed by atoms with Crippen LogP contribution in [0.5, 0.6) is 0 Å². The van der Waals surface area contributed by atoms with Crippen molar-refractivity contribution in [2.24, 2.45) is 5.92 Å². The maximum atomic E-state index is 12.4. The summed E-state index contributed by atoms with van der Waals surface area (Å²) in [7, 11) is 0. The second-order valence-corrected chi connectivity index (χ2v) is 7.37. The summed E-state index contributed by atoms with van der Waals surface area (Å²) in [4.78, 5) is 17.0. The van der Waals surface area contributed by atoms with Gasteiger partial charge < -0.3 is 5.32 Å². The fraction of sp³-hybridized carbons (Fsp3) is 0.444. The Balaban J connectivity index is 2.18. The van der Waals surface area contributed by atoms with Gasteiger partial charge in [-0.1, -0.05) is 19.9 Å². The number of nitrogens with zero attached hydrogens (tertiary/aromatic N) is 1. The molecule has 0 aliphatic carbocycles. The molecule has 0 aliphatic rings. The van der Waals surface area contributed by atoms with Gasteiger partial charge in [0, 0.05) is 23.7 Å². The predicted octanol–water partition coefficient (Wildman–Crippen LogP) is 4.17. The zero-order valence-electron chi connectivity index (χ0n) is 13.9. The number of aromatic nitrogens is 1. The molecule has 0 radical (unpaired) electrons. The number of thiophene rings is 1. The molecule has 2 aromatic heterocycles. The van der Waals surface area contributed by atoms with Crippen LogP contribution in [0.1, 0.15) is 38.8 Å². The lowest BCUT2D eigenvalue weighted by Crippen LogP contribution is -2.41. The molecule has 0 aliphatic heterocycles. The minimum absolute atomic E-state index is 0.0439. The van der Waals surface area contributed by atoms with Gasteiger partial charge >= 0.3 is 0 Å². The lowest BCUT2D eigenvalue weighted by molar-refractivity contribution is -0.125. The molecule has 0 spiro atoms. The van der Waals surface area contributed by atoms with E-state index in [2.05, 4.69) is 41.8 Å². The Bertz CT molecular complexity index is 641. The molecule has 2 heterocycles. The Morgan fingerprint density at radius 3 is 2.55 bits per heavy atom. The van der Waals surface area contributed by atoms with E-state index in [0.29, 0.717) is 12.5 Å². The van der Waals surface area contributed by atoms with Gasteiger partial charge in [-0.15, -0.1) is 0 Å². The van der Waals surface area contributed by atoms with Crippen LogP contribution < -0.4 is 5.32 Å². The van der Waals surface area contributed by atoms with Crippen LogP contribution in [0.2, 0.25) is 0 Å². The van der Waals surface area contributed by atoms with Crippen molar-refractivity contribution in [3.05, 3.63) is 40.2 Å². The van der Waals surface area contributed by atoms with E-state index in [1.54, 1.807) is 11.3 Å². The van der Waals surface area contributed by atoms with Crippen LogP contribution in [0.15, 0.2) is 29.1 Å². The summed E-state index contributed by atoms with van der Waals surface area (Å²) in [5.41, 5.74) is 3.72. The molecular weight excluding hydrogens is 292 g/mol. The van der Waals surface area contributed by atoms with Crippen LogP contribution in [0.4, 0.5) is 0 Å². The molecular formula is C18H24N2OS. The SMILES string of the molecule is Cc1cscc1-c1ccc(C(C)(C)C(=O)NCC(C)C)cn1. The number of aryl methyl sites for hydroxylation is 1. The van der Waals surface area contributed by atoms with E-state index in [1.165, 1.54) is 11.1 Å². The molecule has 2 rings (SSSR count). The Morgan fingerprint density at radius 2 is 2.05 bits per heavy atom. The van der Waals surface area contributed by atoms with Crippen molar-refractivity contribution < 1.29 is 4.79 Å². The second-order valence-electron chi connectivity index (χ2n) is 6.63. The van der Waals surface area contributed by atoms with Gasteiger partial charge in [0.2, 0.25) is 5.91 Å². The van der Waals surface area contributed by atoms with Crippen LogP contribution in [-0.2, 0) is 10.2 Å². The van der Waals surface area contributed by atoms with Crippen LogP contribution in [0.3, 0.4) is 0 Å². The molecule has 0 saturated heterocycles. The summed E-state index contributed by atoms with van der Waals surface area (Å²) in [6, 6.07) is 4.01. The highest BCUT2D eigenvalue weighted by atomic mass is 32.1. The Labute approximate surface area is 136 Å². The van der Waals surface area contributed by atoms with Gasteiger partial charge in [0.25, 0.3) is 0 Å². The summed E-state index contributed by atoms with van der Waals surface area (Å²) in [6.45, 7) is 10.8. The van der Waals surface area contributed by atoms with E-state index >= 15 is 0 Å². The predicted molar refractivity (Wildman–Crippen MR) is 93.2 cm³/mol. The molecule has 1 N–H and O–H groups in total. The molecule has 0 unspecified atom stereocenters. The minimum Gasteiger partial charge on any atom is -0.355 e. The molecule has 0 aromatic carbocycles. The fourth-order valence-electron chi connectivity index (χ4n) is 2.19. The number of amides is 1. The van der Waals surface area contributed by atoms with Gasteiger partial charge in [-0.25, -0.2) is 0 Å². The van der Waals surface area contributed by atoms with E-state index in [4.69, 9.17) is 0 Å². The van der Waals surface area contributed by atoms with E-state index in [9.17, 15) is 4.79 Å². The van der Waals surface area contributed by atoms with Gasteiger partial charge in [0.05, 0.1) is 11.1 Å². The Kier molecular flexibility index (Phi) is 5.01. The quantitative estimate of drug-likeness (QED) is 0.899. The number of rotatable bonds is 5. The first-order chi connectivity index (χ1) is 10.3. The molecule has 22 heavy (non-hydrogen) atoms. The third kappa shape index (κ3) is 3.55. The first-order valence-electron chi connectivity index (χ1n) is 7.60. The molecule has 118 valence electrons. The molecule has 2 aromatic rings. The van der Waals surface area contributed by atoms with E-state index in [1.807, 2.05) is 32.2 Å². The molecule has 0 saturated carbocycles. The van der Waals surface area contributed by atoms with Crippen molar-refractivity contribution in [2.75, 3.05) is 6.54 Å². The van der Waals surface area contributed by atoms with Crippen molar-refractivity contribution in [3.8, 4) is 11.3 Å². The zero-order valence-corrected chi connectivity index (χ0v) is 14.8. The van der Waals surface area contributed by atoms with Gasteiger partial charge in [-0.05, 0) is 49.3 Å². The number of hydrogen-bond donors (Lipinski definition) is 1. The standard InChI is InChI=1S/C18H24N2OS/c1-12(2)8-20-17(21)18(4,5)14-6-7-16(19-9-14)15-11-22-10-13(15)3/h6-7,9-12H,8H2,1-5H3,(H,20,21). The first-order valence-corrected chi connectivity index (χ1v) is 8.54. The van der Waals surface area contributed by atoms with Crippen LogP contribution >= 0.6 is 11.3 Å². The summed E-state index contributed by atoms with van der Waals surface area (Å²) in [5, 5.41) is 7.24. The minimum atomic E-state index is -0.579. The van der Waals surface area contributed by atoms with Crippen LogP contribution in [0.25, 0.3) is 11.3 Å². The van der Waals surface area contributed by atoms with Gasteiger partial charge in [0.1, 0.15) is 0 Å². The lowest BCUT2D eigenvalue weighted by Gasteiger charge is -2.24. The monoisotopic (exact) mass is 316 g/mol. The third-order valence-corrected chi connectivity index (χ3v) is 4.72. The van der Waals surface area contributed by atoms with Crippen LogP contribution in [0, 0.1) is 12.8 Å². The molecule has 0 fully saturated rings. The fourth-order valence-corrected chi connectivity index (χ4v) is 3.04. The number of nitrogens with one attached hydrogen (secondary N) is 1. The highest BCUT2D eigenvalue weighted by Crippen LogP contribution is 2.28. The number of hydrogen-bond acceptors (Lipinski definition) is 3. The second kappa shape index (κ2) is 6.61. The number of carbonyl (C=O) groups is 1. The third-order valence-electron chi connectivity index (χ3n) is 3.86. The average Bonchev–Trinajstić information content (AvgIpc) is 2.91. The highest BCUT2D eigenvalue weighted by molar-refractivity contribution is 7.08. The topological polar surface area (TPSA) is 42.0 Å². The average molecular weight is 316 g/mol. The highest BCUT2D eigenvalue weighted by Gasteiger charge is 2.30. The van der Waals surface area contributed by atoms with E-state index in [-0.39, 0.29) is 5.91 Å². The first kappa shape index (κ1) is 16.7. The largest absolute Gasteiger partial charge is 0.355 e. The van der Waals surface area contributed by atoms with Gasteiger partial charge in [0.15, 0.2) is 0 Å². The van der Waals surface area contributed by atoms with Crippen molar-refractivity contribution >= 4 is 17.2 Å². The van der Waals surface area contributed by atoms with Crippen molar-refractivity contribution in [3.63, 3.8) is 0 Å². The zero-order chi connectivity index (χ0) is 16.3. The van der Waals surface area contributed by atoms with Gasteiger partial charge in [-0.2, -0.15) is 11.3 Å². The van der Waals surface area contributed by atoms with Crippen molar-refractivity contribution in [2.45, 2.75) is 40.0 Å². The summed E-state index contributed by atoms with van der Waals surface area (Å²) < 4.78 is 0. The normalized spacial score (nSPS) is 11.7.